The quantitative estimate of drug-likeness (QED) is 0.619. The average molecular weight is 456 g/mol. The Morgan fingerprint density at radius 1 is 1.15 bits per heavy atom. The number of rotatable bonds is 6. The van der Waals surface area contributed by atoms with Crippen LogP contribution in [0.25, 0.3) is 0 Å². The van der Waals surface area contributed by atoms with Gasteiger partial charge in [-0.05, 0) is 107 Å². The first-order valence-electron chi connectivity index (χ1n) is 10.4. The van der Waals surface area contributed by atoms with Crippen molar-refractivity contribution in [2.75, 3.05) is 19.6 Å². The van der Waals surface area contributed by atoms with E-state index >= 15 is 0 Å². The number of nitrogens with zero attached hydrogens (tertiary/aromatic N) is 1. The Bertz CT molecular complexity index is 623. The predicted octanol–water partition coefficient (Wildman–Crippen LogP) is 5.44. The van der Waals surface area contributed by atoms with Crippen molar-refractivity contribution in [2.24, 2.45) is 11.8 Å². The lowest BCUT2D eigenvalue weighted by Crippen LogP contribution is -2.38. The summed E-state index contributed by atoms with van der Waals surface area (Å²) in [6.07, 6.45) is 9.86. The molecule has 0 spiro atoms. The van der Waals surface area contributed by atoms with E-state index in [1.54, 1.807) is 6.92 Å². The topological polar surface area (TPSA) is 32.3 Å². The highest BCUT2D eigenvalue weighted by molar-refractivity contribution is 9.10. The number of likely N-dealkylation sites (tertiary alicyclic amines) is 1. The molecule has 1 aliphatic heterocycles. The van der Waals surface area contributed by atoms with Gasteiger partial charge in [-0.1, -0.05) is 27.5 Å². The summed E-state index contributed by atoms with van der Waals surface area (Å²) in [5.41, 5.74) is 1.34. The molecule has 3 nitrogen and oxygen atoms in total. The third-order valence-corrected chi connectivity index (χ3v) is 7.34. The van der Waals surface area contributed by atoms with Gasteiger partial charge in [0, 0.05) is 22.5 Å². The van der Waals surface area contributed by atoms with E-state index < -0.39 is 0 Å². The third kappa shape index (κ3) is 6.76. The minimum absolute atomic E-state index is 0.117. The number of nitrogens with one attached hydrogen (secondary N) is 1. The standard InChI is InChI=1S/C22H32BrClN2O/c1-16(27)25-21-5-2-17(3-6-21)8-11-26-12-9-18(10-13-26)14-19-15-20(24)4-7-22(19)23/h4,7,15,17-18,21H,2-3,5-6,8-14H2,1H3,(H,25,27). The van der Waals surface area contributed by atoms with Crippen molar-refractivity contribution in [3.8, 4) is 0 Å². The van der Waals surface area contributed by atoms with Crippen molar-refractivity contribution in [2.45, 2.75) is 64.3 Å². The van der Waals surface area contributed by atoms with E-state index in [4.69, 9.17) is 11.6 Å². The lowest BCUT2D eigenvalue weighted by atomic mass is 9.83. The first-order valence-corrected chi connectivity index (χ1v) is 11.6. The van der Waals surface area contributed by atoms with Gasteiger partial charge < -0.3 is 10.2 Å². The second-order valence-electron chi connectivity index (χ2n) is 8.43. The molecule has 1 heterocycles. The zero-order valence-electron chi connectivity index (χ0n) is 16.4. The van der Waals surface area contributed by atoms with Gasteiger partial charge in [0.1, 0.15) is 0 Å². The monoisotopic (exact) mass is 454 g/mol. The molecular weight excluding hydrogens is 424 g/mol. The molecule has 0 unspecified atom stereocenters. The molecule has 2 aliphatic rings. The number of benzene rings is 1. The van der Waals surface area contributed by atoms with Crippen LogP contribution in [-0.2, 0) is 11.2 Å². The van der Waals surface area contributed by atoms with Gasteiger partial charge in [-0.2, -0.15) is 0 Å². The zero-order chi connectivity index (χ0) is 19.2. The van der Waals surface area contributed by atoms with E-state index in [0.29, 0.717) is 6.04 Å². The first kappa shape index (κ1) is 21.1. The molecule has 1 saturated heterocycles. The lowest BCUT2D eigenvalue weighted by Gasteiger charge is -2.34. The summed E-state index contributed by atoms with van der Waals surface area (Å²) >= 11 is 9.82. The molecule has 0 atom stereocenters. The van der Waals surface area contributed by atoms with Crippen LogP contribution in [0.1, 0.15) is 57.4 Å². The minimum Gasteiger partial charge on any atom is -0.354 e. The molecule has 5 heteroatoms. The fourth-order valence-corrected chi connectivity index (χ4v) is 5.28. The van der Waals surface area contributed by atoms with Crippen molar-refractivity contribution in [3.63, 3.8) is 0 Å². The number of hydrogen-bond donors (Lipinski definition) is 1. The summed E-state index contributed by atoms with van der Waals surface area (Å²) in [6, 6.07) is 6.53. The molecule has 1 aliphatic carbocycles. The van der Waals surface area contributed by atoms with Crippen molar-refractivity contribution < 1.29 is 4.79 Å². The van der Waals surface area contributed by atoms with Gasteiger partial charge in [0.25, 0.3) is 0 Å². The fraction of sp³-hybridized carbons (Fsp3) is 0.682. The molecule has 0 aromatic heterocycles. The molecule has 1 aromatic carbocycles. The number of carbonyl (C=O) groups is 1. The largest absolute Gasteiger partial charge is 0.354 e. The maximum absolute atomic E-state index is 11.2. The van der Waals surface area contributed by atoms with E-state index in [1.807, 2.05) is 6.07 Å². The Balaban J connectivity index is 1.34. The van der Waals surface area contributed by atoms with Crippen LogP contribution in [0.15, 0.2) is 22.7 Å². The lowest BCUT2D eigenvalue weighted by molar-refractivity contribution is -0.119. The normalized spacial score (nSPS) is 24.7. The van der Waals surface area contributed by atoms with Crippen molar-refractivity contribution in [1.82, 2.24) is 10.2 Å². The summed E-state index contributed by atoms with van der Waals surface area (Å²) in [6.45, 7) is 5.32. The van der Waals surface area contributed by atoms with E-state index in [9.17, 15) is 4.79 Å². The molecule has 3 rings (SSSR count). The van der Waals surface area contributed by atoms with Crippen LogP contribution in [0.5, 0.6) is 0 Å². The molecule has 0 bridgehead atoms. The highest BCUT2D eigenvalue weighted by atomic mass is 79.9. The number of amides is 1. The summed E-state index contributed by atoms with van der Waals surface area (Å²) < 4.78 is 1.18. The maximum Gasteiger partial charge on any atom is 0.217 e. The molecule has 0 radical (unpaired) electrons. The molecule has 150 valence electrons. The second-order valence-corrected chi connectivity index (χ2v) is 9.72. The van der Waals surface area contributed by atoms with Gasteiger partial charge in [0.2, 0.25) is 5.91 Å². The van der Waals surface area contributed by atoms with Crippen LogP contribution >= 0.6 is 27.5 Å². The summed E-state index contributed by atoms with van der Waals surface area (Å²) in [4.78, 5) is 13.8. The van der Waals surface area contributed by atoms with Crippen LogP contribution in [0, 0.1) is 11.8 Å². The van der Waals surface area contributed by atoms with Gasteiger partial charge in [0.15, 0.2) is 0 Å². The van der Waals surface area contributed by atoms with E-state index in [-0.39, 0.29) is 5.91 Å². The van der Waals surface area contributed by atoms with Crippen molar-refractivity contribution in [1.29, 1.82) is 0 Å². The van der Waals surface area contributed by atoms with Crippen LogP contribution in [0.3, 0.4) is 0 Å². The molecular formula is C22H32BrClN2O. The number of carbonyl (C=O) groups excluding carboxylic acids is 1. The first-order chi connectivity index (χ1) is 13.0. The van der Waals surface area contributed by atoms with E-state index in [2.05, 4.69) is 38.3 Å². The highest BCUT2D eigenvalue weighted by Crippen LogP contribution is 2.30. The Morgan fingerprint density at radius 2 is 1.85 bits per heavy atom. The number of halogens is 2. The van der Waals surface area contributed by atoms with Gasteiger partial charge >= 0.3 is 0 Å². The number of piperidine rings is 1. The Kier molecular flexibility index (Phi) is 8.04. The van der Waals surface area contributed by atoms with Crippen molar-refractivity contribution >= 4 is 33.4 Å². The SMILES string of the molecule is CC(=O)NC1CCC(CCN2CCC(Cc3cc(Cl)ccc3Br)CC2)CC1. The van der Waals surface area contributed by atoms with Crippen LogP contribution in [0.4, 0.5) is 0 Å². The van der Waals surface area contributed by atoms with Crippen LogP contribution in [0.2, 0.25) is 5.02 Å². The summed E-state index contributed by atoms with van der Waals surface area (Å²) in [5, 5.41) is 3.91. The van der Waals surface area contributed by atoms with E-state index in [0.717, 1.165) is 36.1 Å². The number of hydrogen-bond acceptors (Lipinski definition) is 2. The zero-order valence-corrected chi connectivity index (χ0v) is 18.7. The van der Waals surface area contributed by atoms with Crippen LogP contribution < -0.4 is 5.32 Å². The summed E-state index contributed by atoms with van der Waals surface area (Å²) in [5.74, 6) is 1.73. The highest BCUT2D eigenvalue weighted by Gasteiger charge is 2.24. The van der Waals surface area contributed by atoms with Gasteiger partial charge in [-0.25, -0.2) is 0 Å². The molecule has 1 saturated carbocycles. The molecule has 1 amide bonds. The molecule has 2 fully saturated rings. The second kappa shape index (κ2) is 10.3. The van der Waals surface area contributed by atoms with Gasteiger partial charge in [-0.15, -0.1) is 0 Å². The summed E-state index contributed by atoms with van der Waals surface area (Å²) in [7, 11) is 0. The molecule has 1 N–H and O–H groups in total. The molecule has 27 heavy (non-hydrogen) atoms. The van der Waals surface area contributed by atoms with Gasteiger partial charge in [0.05, 0.1) is 0 Å². The van der Waals surface area contributed by atoms with Gasteiger partial charge in [-0.3, -0.25) is 4.79 Å². The molecule has 1 aromatic rings. The predicted molar refractivity (Wildman–Crippen MR) is 116 cm³/mol. The Hall–Kier alpha value is -0.580. The Morgan fingerprint density at radius 3 is 2.52 bits per heavy atom. The van der Waals surface area contributed by atoms with Crippen molar-refractivity contribution in [3.05, 3.63) is 33.3 Å². The smallest absolute Gasteiger partial charge is 0.217 e. The minimum atomic E-state index is 0.117. The maximum atomic E-state index is 11.2. The third-order valence-electron chi connectivity index (χ3n) is 6.33. The Labute approximate surface area is 177 Å². The average Bonchev–Trinajstić information content (AvgIpc) is 2.65. The van der Waals surface area contributed by atoms with Crippen LogP contribution in [-0.4, -0.2) is 36.5 Å². The van der Waals surface area contributed by atoms with E-state index in [1.165, 1.54) is 61.8 Å². The fourth-order valence-electron chi connectivity index (χ4n) is 4.67.